The van der Waals surface area contributed by atoms with Crippen LogP contribution in [-0.4, -0.2) is 0 Å². The quantitative estimate of drug-likeness (QED) is 0.642. The van der Waals surface area contributed by atoms with Crippen molar-refractivity contribution in [1.29, 1.82) is 0 Å². The summed E-state index contributed by atoms with van der Waals surface area (Å²) in [6.45, 7) is 6.66. The van der Waals surface area contributed by atoms with Crippen molar-refractivity contribution in [2.75, 3.05) is 0 Å². The molecule has 1 unspecified atom stereocenters. The predicted molar refractivity (Wildman–Crippen MR) is 89.7 cm³/mol. The molecule has 0 saturated heterocycles. The highest BCUT2D eigenvalue weighted by Crippen LogP contribution is 2.42. The minimum absolute atomic E-state index is 0.454. The van der Waals surface area contributed by atoms with E-state index in [-0.39, 0.29) is 0 Å². The average molecular weight is 329 g/mol. The predicted octanol–water partition coefficient (Wildman–Crippen LogP) is 5.46. The van der Waals surface area contributed by atoms with E-state index in [1.807, 2.05) is 0 Å². The van der Waals surface area contributed by atoms with Gasteiger partial charge in [-0.15, -0.1) is 0 Å². The van der Waals surface area contributed by atoms with E-state index in [4.69, 9.17) is 0 Å². The van der Waals surface area contributed by atoms with Gasteiger partial charge in [0, 0.05) is 4.83 Å². The molecule has 0 nitrogen and oxygen atoms in total. The van der Waals surface area contributed by atoms with Crippen LogP contribution in [0.4, 0.5) is 0 Å². The van der Waals surface area contributed by atoms with Crippen LogP contribution in [0.15, 0.2) is 36.4 Å². The fraction of sp³-hybridized carbons (Fsp3) is 0.368. The van der Waals surface area contributed by atoms with Gasteiger partial charge in [0.25, 0.3) is 0 Å². The molecule has 0 heterocycles. The molecule has 0 saturated carbocycles. The first-order chi connectivity index (χ1) is 9.56. The first-order valence-corrected chi connectivity index (χ1v) is 8.26. The summed E-state index contributed by atoms with van der Waals surface area (Å²) in [5.74, 6) is 0.674. The van der Waals surface area contributed by atoms with E-state index >= 15 is 0 Å². The molecule has 2 aromatic carbocycles. The molecular weight excluding hydrogens is 308 g/mol. The summed E-state index contributed by atoms with van der Waals surface area (Å²) >= 11 is 4.00. The number of aryl methyl sites for hydroxylation is 3. The number of benzene rings is 2. The second-order valence-electron chi connectivity index (χ2n) is 6.15. The van der Waals surface area contributed by atoms with Gasteiger partial charge in [0.15, 0.2) is 0 Å². The molecule has 1 atom stereocenters. The van der Waals surface area contributed by atoms with E-state index in [1.165, 1.54) is 46.2 Å². The highest BCUT2D eigenvalue weighted by Gasteiger charge is 2.29. The van der Waals surface area contributed by atoms with Gasteiger partial charge in [-0.2, -0.15) is 0 Å². The fourth-order valence-corrected chi connectivity index (χ4v) is 4.76. The summed E-state index contributed by atoms with van der Waals surface area (Å²) < 4.78 is 0. The molecule has 0 aromatic heterocycles. The lowest BCUT2D eigenvalue weighted by Gasteiger charge is -2.22. The molecular formula is C19H21Br. The van der Waals surface area contributed by atoms with E-state index in [2.05, 4.69) is 73.1 Å². The van der Waals surface area contributed by atoms with Crippen LogP contribution in [0.5, 0.6) is 0 Å². The van der Waals surface area contributed by atoms with Crippen LogP contribution in [0, 0.1) is 26.7 Å². The maximum absolute atomic E-state index is 4.00. The lowest BCUT2D eigenvalue weighted by atomic mass is 9.90. The Morgan fingerprint density at radius 1 is 0.950 bits per heavy atom. The van der Waals surface area contributed by atoms with E-state index in [0.29, 0.717) is 10.7 Å². The Morgan fingerprint density at radius 2 is 1.45 bits per heavy atom. The third-order valence-electron chi connectivity index (χ3n) is 4.51. The minimum atomic E-state index is 0.454. The van der Waals surface area contributed by atoms with Crippen LogP contribution >= 0.6 is 15.9 Å². The summed E-state index contributed by atoms with van der Waals surface area (Å²) in [6.07, 6.45) is 2.39. The molecule has 0 spiro atoms. The van der Waals surface area contributed by atoms with Crippen molar-refractivity contribution >= 4 is 15.9 Å². The summed E-state index contributed by atoms with van der Waals surface area (Å²) in [5.41, 5.74) is 8.75. The number of hydrogen-bond acceptors (Lipinski definition) is 0. The largest absolute Gasteiger partial charge is 0.0835 e. The maximum Gasteiger partial charge on any atom is 0.0435 e. The molecule has 0 N–H and O–H groups in total. The molecule has 1 heteroatoms. The summed E-state index contributed by atoms with van der Waals surface area (Å²) in [4.78, 5) is 0.454. The molecule has 1 aliphatic carbocycles. The Kier molecular flexibility index (Phi) is 3.72. The summed E-state index contributed by atoms with van der Waals surface area (Å²) in [6, 6.07) is 13.5. The first kappa shape index (κ1) is 13.9. The minimum Gasteiger partial charge on any atom is -0.0835 e. The monoisotopic (exact) mass is 328 g/mol. The van der Waals surface area contributed by atoms with Crippen molar-refractivity contribution in [3.8, 4) is 0 Å². The van der Waals surface area contributed by atoms with Gasteiger partial charge in [-0.1, -0.05) is 57.9 Å². The number of alkyl halides is 1. The Labute approximate surface area is 130 Å². The summed E-state index contributed by atoms with van der Waals surface area (Å²) in [7, 11) is 0. The Bertz CT molecular complexity index is 594. The lowest BCUT2D eigenvalue weighted by Crippen LogP contribution is -2.10. The Hall–Kier alpha value is -1.08. The molecule has 0 radical (unpaired) electrons. The van der Waals surface area contributed by atoms with Crippen LogP contribution in [0.1, 0.15) is 38.2 Å². The highest BCUT2D eigenvalue weighted by atomic mass is 79.9. The van der Waals surface area contributed by atoms with Crippen LogP contribution in [0.2, 0.25) is 0 Å². The second-order valence-corrected chi connectivity index (χ2v) is 7.14. The van der Waals surface area contributed by atoms with Crippen molar-refractivity contribution in [3.63, 3.8) is 0 Å². The summed E-state index contributed by atoms with van der Waals surface area (Å²) in [5, 5.41) is 0. The van der Waals surface area contributed by atoms with Crippen LogP contribution in [0.25, 0.3) is 0 Å². The molecule has 0 amide bonds. The van der Waals surface area contributed by atoms with Crippen LogP contribution < -0.4 is 0 Å². The van der Waals surface area contributed by atoms with Gasteiger partial charge in [-0.05, 0) is 67.3 Å². The fourth-order valence-electron chi connectivity index (χ4n) is 3.66. The van der Waals surface area contributed by atoms with Crippen molar-refractivity contribution in [3.05, 3.63) is 69.8 Å². The number of fused-ring (bicyclic) bond motifs is 1. The standard InChI is InChI=1S/C19H21Br/c1-12-8-13(2)18(14(3)9-12)19(20)17-10-15-6-4-5-7-16(15)11-17/h4-9,17,19H,10-11H2,1-3H3. The van der Waals surface area contributed by atoms with Gasteiger partial charge in [0.2, 0.25) is 0 Å². The molecule has 1 aliphatic rings. The lowest BCUT2D eigenvalue weighted by molar-refractivity contribution is 0.551. The number of hydrogen-bond donors (Lipinski definition) is 0. The average Bonchev–Trinajstić information content (AvgIpc) is 2.81. The van der Waals surface area contributed by atoms with Gasteiger partial charge in [0.1, 0.15) is 0 Å². The number of rotatable bonds is 2. The SMILES string of the molecule is Cc1cc(C)c(C(Br)C2Cc3ccccc3C2)c(C)c1. The maximum atomic E-state index is 4.00. The Balaban J connectivity index is 1.90. The molecule has 104 valence electrons. The molecule has 0 fully saturated rings. The van der Waals surface area contributed by atoms with Gasteiger partial charge in [-0.25, -0.2) is 0 Å². The van der Waals surface area contributed by atoms with E-state index in [1.54, 1.807) is 0 Å². The zero-order chi connectivity index (χ0) is 14.3. The van der Waals surface area contributed by atoms with Gasteiger partial charge >= 0.3 is 0 Å². The van der Waals surface area contributed by atoms with Crippen molar-refractivity contribution in [2.24, 2.45) is 5.92 Å². The van der Waals surface area contributed by atoms with E-state index < -0.39 is 0 Å². The van der Waals surface area contributed by atoms with Gasteiger partial charge in [-0.3, -0.25) is 0 Å². The molecule has 0 aliphatic heterocycles. The zero-order valence-corrected chi connectivity index (χ0v) is 14.0. The zero-order valence-electron chi connectivity index (χ0n) is 12.4. The van der Waals surface area contributed by atoms with Crippen LogP contribution in [-0.2, 0) is 12.8 Å². The molecule has 2 aromatic rings. The van der Waals surface area contributed by atoms with Gasteiger partial charge in [0.05, 0.1) is 0 Å². The topological polar surface area (TPSA) is 0 Å². The third-order valence-corrected chi connectivity index (χ3v) is 5.72. The van der Waals surface area contributed by atoms with E-state index in [9.17, 15) is 0 Å². The highest BCUT2D eigenvalue weighted by molar-refractivity contribution is 9.09. The normalized spacial score (nSPS) is 16.2. The third kappa shape index (κ3) is 2.44. The van der Waals surface area contributed by atoms with Crippen LogP contribution in [0.3, 0.4) is 0 Å². The Morgan fingerprint density at radius 3 is 1.95 bits per heavy atom. The van der Waals surface area contributed by atoms with Gasteiger partial charge < -0.3 is 0 Å². The van der Waals surface area contributed by atoms with Crippen molar-refractivity contribution in [1.82, 2.24) is 0 Å². The smallest absolute Gasteiger partial charge is 0.0435 e. The molecule has 20 heavy (non-hydrogen) atoms. The van der Waals surface area contributed by atoms with Crippen molar-refractivity contribution < 1.29 is 0 Å². The number of halogens is 1. The molecule has 3 rings (SSSR count). The second kappa shape index (κ2) is 5.37. The van der Waals surface area contributed by atoms with E-state index in [0.717, 1.165) is 0 Å². The first-order valence-electron chi connectivity index (χ1n) is 7.35. The molecule has 0 bridgehead atoms. The van der Waals surface area contributed by atoms with Crippen molar-refractivity contribution in [2.45, 2.75) is 38.4 Å².